The van der Waals surface area contributed by atoms with Crippen LogP contribution in [0.1, 0.15) is 107 Å². The minimum Gasteiger partial charge on any atom is -0.457 e. The summed E-state index contributed by atoms with van der Waals surface area (Å²) in [6.07, 6.45) is 7.71. The Balaban J connectivity index is 1.23. The molecular weight excluding hydrogens is 889 g/mol. The molecule has 2 unspecified atom stereocenters. The van der Waals surface area contributed by atoms with E-state index in [9.17, 15) is 32.4 Å². The Morgan fingerprint density at radius 1 is 1.07 bits per heavy atom. The normalized spacial score (nSPS) is 16.4. The first-order chi connectivity index (χ1) is 32.4. The molecule has 0 aliphatic carbocycles. The van der Waals surface area contributed by atoms with E-state index in [2.05, 4.69) is 23.3 Å². The van der Waals surface area contributed by atoms with Crippen LogP contribution in [0.15, 0.2) is 83.7 Å². The van der Waals surface area contributed by atoms with Crippen LogP contribution in [0.5, 0.6) is 0 Å². The molecule has 2 aliphatic heterocycles. The number of carbonyl (C=O) groups excluding carboxylic acids is 4. The van der Waals surface area contributed by atoms with Crippen molar-refractivity contribution in [2.75, 3.05) is 24.7 Å². The number of nitrogens with zero attached hydrogens (tertiary/aromatic N) is 3. The lowest BCUT2D eigenvalue weighted by atomic mass is 9.85. The van der Waals surface area contributed by atoms with Crippen LogP contribution in [0.4, 0.5) is 10.5 Å². The van der Waals surface area contributed by atoms with Gasteiger partial charge in [0.05, 0.1) is 35.3 Å². The molecule has 68 heavy (non-hydrogen) atoms. The van der Waals surface area contributed by atoms with Gasteiger partial charge in [-0.05, 0) is 114 Å². The number of esters is 1. The molecule has 364 valence electrons. The average molecular weight is 953 g/mol. The molecule has 2 aromatic heterocycles. The maximum atomic E-state index is 14.5. The number of anilines is 1. The van der Waals surface area contributed by atoms with Crippen molar-refractivity contribution in [3.05, 3.63) is 117 Å². The van der Waals surface area contributed by atoms with Crippen LogP contribution < -0.4 is 21.9 Å². The molecule has 4 atom stereocenters. The number of nitrogens with two attached hydrogens (primary N) is 1. The number of ether oxygens (including phenoxy) is 3. The van der Waals surface area contributed by atoms with Crippen molar-refractivity contribution in [1.82, 2.24) is 19.2 Å². The molecule has 0 saturated heterocycles. The van der Waals surface area contributed by atoms with Crippen LogP contribution in [0.2, 0.25) is 0 Å². The number of hydrogen-bond acceptors (Lipinski definition) is 12. The topological polar surface area (TPSA) is 218 Å². The van der Waals surface area contributed by atoms with E-state index < -0.39 is 39.4 Å². The van der Waals surface area contributed by atoms with E-state index in [1.54, 1.807) is 48.7 Å². The van der Waals surface area contributed by atoms with Gasteiger partial charge in [-0.2, -0.15) is 4.31 Å². The summed E-state index contributed by atoms with van der Waals surface area (Å²) in [6, 6.07) is 14.7. The third kappa shape index (κ3) is 11.6. The molecule has 0 saturated carbocycles. The third-order valence-corrected chi connectivity index (χ3v) is 14.1. The molecule has 0 radical (unpaired) electrons. The Morgan fingerprint density at radius 3 is 2.47 bits per heavy atom. The van der Waals surface area contributed by atoms with E-state index in [0.717, 1.165) is 22.9 Å². The molecule has 4 N–H and O–H groups in total. The zero-order chi connectivity index (χ0) is 49.3. The molecule has 0 fully saturated rings. The second kappa shape index (κ2) is 22.3. The van der Waals surface area contributed by atoms with Gasteiger partial charge in [-0.25, -0.2) is 23.0 Å². The molecule has 2 aromatic carbocycles. The molecule has 2 aliphatic rings. The van der Waals surface area contributed by atoms with Crippen LogP contribution in [0, 0.1) is 5.92 Å². The van der Waals surface area contributed by atoms with Gasteiger partial charge >= 0.3 is 12.1 Å². The number of nitrogens with one attached hydrogen (secondary N) is 2. The number of sulfonamides is 1. The minimum absolute atomic E-state index is 0.0821. The van der Waals surface area contributed by atoms with E-state index in [1.807, 2.05) is 51.1 Å². The van der Waals surface area contributed by atoms with Gasteiger partial charge in [-0.1, -0.05) is 61.9 Å². The Morgan fingerprint density at radius 2 is 1.81 bits per heavy atom. The molecule has 17 heteroatoms. The average Bonchev–Trinajstić information content (AvgIpc) is 3.68. The SMILES string of the molecule is C=CC(CC=C(C)C)CC(C)N(CCc1c2c(nc3ccccc13)-c1cc3c(c(=O)n1C2)COC(=O)[C@@]3(CC)OC(=O)OCc1ccc(NC(=O)[C@H](CCCCN)NC(=O)CC)cc1)S(C)(=O)=O. The number of pyridine rings is 2. The van der Waals surface area contributed by atoms with Crippen LogP contribution >= 0.6 is 0 Å². The predicted molar refractivity (Wildman–Crippen MR) is 261 cm³/mol. The number of fused-ring (bicyclic) bond motifs is 5. The van der Waals surface area contributed by atoms with Gasteiger partial charge in [-0.15, -0.1) is 6.58 Å². The number of hydrogen-bond donors (Lipinski definition) is 3. The van der Waals surface area contributed by atoms with Gasteiger partial charge in [0, 0.05) is 41.2 Å². The van der Waals surface area contributed by atoms with E-state index in [-0.39, 0.29) is 74.0 Å². The number of benzene rings is 2. The molecular formula is C51H64N6O10S. The Bertz CT molecular complexity index is 2750. The first-order valence-electron chi connectivity index (χ1n) is 23.3. The highest BCUT2D eigenvalue weighted by Crippen LogP contribution is 2.42. The monoisotopic (exact) mass is 952 g/mol. The maximum Gasteiger partial charge on any atom is 0.510 e. The third-order valence-electron chi connectivity index (χ3n) is 12.7. The van der Waals surface area contributed by atoms with Crippen LogP contribution in [-0.2, 0) is 70.4 Å². The van der Waals surface area contributed by atoms with Crippen molar-refractivity contribution in [3.63, 3.8) is 0 Å². The lowest BCUT2D eigenvalue weighted by Crippen LogP contribution is -2.47. The van der Waals surface area contributed by atoms with E-state index in [0.29, 0.717) is 66.8 Å². The Kier molecular flexibility index (Phi) is 16.8. The molecule has 0 bridgehead atoms. The standard InChI is InChI=1S/C51H64N6O10S/c1-8-34(19-18-32(4)5)27-33(6)57(68(7,63)64)26-24-37-38-15-11-12-16-42(38)55-46-39(37)29-56-44(46)28-41-40(48(56)60)31-65-49(61)51(41,10-3)67-50(62)66-30-35-20-22-36(23-21-35)53-47(59)43(17-13-14-25-52)54-45(58)9-2/h8,11-12,15-16,18,20-23,28,33-34,43H,1,9-10,13-14,17,19,24-27,29-31,52H2,2-7H3,(H,53,59)(H,54,58)/t33?,34?,43-,51-/m0/s1. The summed E-state index contributed by atoms with van der Waals surface area (Å²) in [4.78, 5) is 71.9. The summed E-state index contributed by atoms with van der Waals surface area (Å²) >= 11 is 0. The fraction of sp³-hybridized carbons (Fsp3) is 0.451. The molecule has 6 rings (SSSR count). The second-order valence-corrected chi connectivity index (χ2v) is 19.7. The summed E-state index contributed by atoms with van der Waals surface area (Å²) in [5.74, 6) is -1.39. The molecule has 2 amide bonds. The van der Waals surface area contributed by atoms with Crippen molar-refractivity contribution in [2.45, 2.75) is 123 Å². The van der Waals surface area contributed by atoms with E-state index in [4.69, 9.17) is 24.9 Å². The van der Waals surface area contributed by atoms with E-state index >= 15 is 0 Å². The Hall–Kier alpha value is -6.17. The van der Waals surface area contributed by atoms with Gasteiger partial charge in [0.1, 0.15) is 19.3 Å². The molecule has 4 heterocycles. The van der Waals surface area contributed by atoms with Crippen LogP contribution in [-0.4, -0.2) is 77.6 Å². The van der Waals surface area contributed by atoms with Crippen molar-refractivity contribution >= 4 is 50.6 Å². The highest BCUT2D eigenvalue weighted by molar-refractivity contribution is 7.88. The van der Waals surface area contributed by atoms with Gasteiger partial charge in [-0.3, -0.25) is 14.4 Å². The lowest BCUT2D eigenvalue weighted by Gasteiger charge is -2.35. The molecule has 4 aromatic rings. The highest BCUT2D eigenvalue weighted by Gasteiger charge is 2.51. The number of rotatable bonds is 22. The number of cyclic esters (lactones) is 1. The fourth-order valence-electron chi connectivity index (χ4n) is 9.01. The minimum atomic E-state index is -3.64. The second-order valence-electron chi connectivity index (χ2n) is 17.8. The molecule has 0 spiro atoms. The maximum absolute atomic E-state index is 14.5. The highest BCUT2D eigenvalue weighted by atomic mass is 32.2. The van der Waals surface area contributed by atoms with Crippen molar-refractivity contribution in [1.29, 1.82) is 0 Å². The number of carbonyl (C=O) groups is 4. The fourth-order valence-corrected chi connectivity index (χ4v) is 10.2. The summed E-state index contributed by atoms with van der Waals surface area (Å²) < 4.78 is 46.7. The predicted octanol–water partition coefficient (Wildman–Crippen LogP) is 7.14. The van der Waals surface area contributed by atoms with Gasteiger partial charge in [0.15, 0.2) is 0 Å². The first-order valence-corrected chi connectivity index (χ1v) is 25.1. The quantitative estimate of drug-likeness (QED) is 0.0358. The largest absolute Gasteiger partial charge is 0.510 e. The summed E-state index contributed by atoms with van der Waals surface area (Å²) in [5.41, 5.74) is 8.84. The number of unbranched alkanes of at least 4 members (excludes halogenated alkanes) is 1. The lowest BCUT2D eigenvalue weighted by molar-refractivity contribution is -0.175. The van der Waals surface area contributed by atoms with E-state index in [1.165, 1.54) is 16.1 Å². The van der Waals surface area contributed by atoms with Gasteiger partial charge in [0.2, 0.25) is 27.4 Å². The molecule has 16 nitrogen and oxygen atoms in total. The van der Waals surface area contributed by atoms with Crippen molar-refractivity contribution < 1.29 is 41.8 Å². The van der Waals surface area contributed by atoms with Crippen molar-refractivity contribution in [2.24, 2.45) is 11.7 Å². The summed E-state index contributed by atoms with van der Waals surface area (Å²) in [5, 5.41) is 6.40. The Labute approximate surface area is 398 Å². The number of allylic oxidation sites excluding steroid dienone is 3. The van der Waals surface area contributed by atoms with Gasteiger partial charge in [0.25, 0.3) is 5.56 Å². The van der Waals surface area contributed by atoms with Gasteiger partial charge < -0.3 is 35.1 Å². The van der Waals surface area contributed by atoms with Crippen LogP contribution in [0.3, 0.4) is 0 Å². The van der Waals surface area contributed by atoms with Crippen molar-refractivity contribution in [3.8, 4) is 11.4 Å². The smallest absolute Gasteiger partial charge is 0.457 e. The zero-order valence-electron chi connectivity index (χ0n) is 39.9. The van der Waals surface area contributed by atoms with Crippen LogP contribution in [0.25, 0.3) is 22.3 Å². The first kappa shape index (κ1) is 51.2. The summed E-state index contributed by atoms with van der Waals surface area (Å²) in [7, 11) is -3.64. The summed E-state index contributed by atoms with van der Waals surface area (Å²) in [6.45, 7) is 13.5. The zero-order valence-corrected chi connectivity index (χ0v) is 40.7. The number of amides is 2. The number of para-hydroxylation sites is 1. The number of aromatic nitrogens is 2.